The van der Waals surface area contributed by atoms with E-state index in [1.54, 1.807) is 39.0 Å². The van der Waals surface area contributed by atoms with Crippen molar-refractivity contribution in [1.29, 1.82) is 0 Å². The van der Waals surface area contributed by atoms with Crippen molar-refractivity contribution in [2.24, 2.45) is 0 Å². The van der Waals surface area contributed by atoms with Crippen molar-refractivity contribution >= 4 is 49.5 Å². The summed E-state index contributed by atoms with van der Waals surface area (Å²) in [5.41, 5.74) is 1.47. The molecule has 0 amide bonds. The van der Waals surface area contributed by atoms with Crippen LogP contribution in [0.3, 0.4) is 0 Å². The molecule has 0 saturated heterocycles. The van der Waals surface area contributed by atoms with Crippen molar-refractivity contribution in [3.63, 3.8) is 0 Å². The lowest BCUT2D eigenvalue weighted by Gasteiger charge is -2.21. The van der Waals surface area contributed by atoms with Gasteiger partial charge in [-0.3, -0.25) is 4.79 Å². The van der Waals surface area contributed by atoms with Crippen LogP contribution in [0.15, 0.2) is 57.8 Å². The van der Waals surface area contributed by atoms with Crippen molar-refractivity contribution in [1.82, 2.24) is 8.97 Å². The molecule has 5 nitrogen and oxygen atoms in total. The number of carbonyl (C=O) groups is 1. The van der Waals surface area contributed by atoms with Gasteiger partial charge in [-0.2, -0.15) is 0 Å². The second kappa shape index (κ2) is 5.71. The molecule has 0 fully saturated rings. The molecule has 6 heteroatoms. The summed E-state index contributed by atoms with van der Waals surface area (Å²) in [5.74, 6) is 0. The van der Waals surface area contributed by atoms with Crippen LogP contribution in [0.1, 0.15) is 20.8 Å². The predicted octanol–water partition coefficient (Wildman–Crippen LogP) is 4.95. The molecule has 4 aromatic rings. The minimum Gasteiger partial charge on any atom is -0.443 e. The topological polar surface area (TPSA) is 52.7 Å². The van der Waals surface area contributed by atoms with Crippen molar-refractivity contribution in [2.75, 3.05) is 0 Å². The zero-order chi connectivity index (χ0) is 18.6. The van der Waals surface area contributed by atoms with E-state index in [1.165, 1.54) is 0 Å². The molecule has 0 radical (unpaired) electrons. The van der Waals surface area contributed by atoms with E-state index < -0.39 is 17.3 Å². The molecule has 2 aromatic heterocycles. The van der Waals surface area contributed by atoms with E-state index in [9.17, 15) is 9.59 Å². The highest BCUT2D eigenvalue weighted by molar-refractivity contribution is 9.10. The molecule has 0 aliphatic rings. The summed E-state index contributed by atoms with van der Waals surface area (Å²) in [5, 5.41) is 0.934. The second-order valence-corrected chi connectivity index (χ2v) is 8.01. The largest absolute Gasteiger partial charge is 0.443 e. The summed E-state index contributed by atoms with van der Waals surface area (Å²) in [6.07, 6.45) is -0.682. The van der Waals surface area contributed by atoms with E-state index in [0.29, 0.717) is 11.0 Å². The molecule has 2 aromatic carbocycles. The third-order valence-corrected chi connectivity index (χ3v) is 4.78. The van der Waals surface area contributed by atoms with Crippen molar-refractivity contribution in [3.8, 4) is 0 Å². The van der Waals surface area contributed by atoms with Crippen LogP contribution in [0.25, 0.3) is 27.5 Å². The quantitative estimate of drug-likeness (QED) is 0.410. The Morgan fingerprint density at radius 2 is 1.69 bits per heavy atom. The van der Waals surface area contributed by atoms with Gasteiger partial charge in [-0.05, 0) is 61.0 Å². The standard InChI is InChI=1S/C20H17BrN2O3/c1-20(2,3)26-19(25)23-15-10-6-8-13(21)17(15)22-14-9-5-4-7-12(14)11-16(22)18(23)24/h4-11H,1-3H3. The van der Waals surface area contributed by atoms with Gasteiger partial charge in [-0.1, -0.05) is 24.3 Å². The Morgan fingerprint density at radius 3 is 2.42 bits per heavy atom. The Labute approximate surface area is 157 Å². The SMILES string of the molecule is CC(C)(C)OC(=O)n1c(=O)c2cc3ccccc3n2c2c(Br)cccc21. The van der Waals surface area contributed by atoms with Crippen LogP contribution in [0.5, 0.6) is 0 Å². The molecule has 0 aliphatic carbocycles. The number of carbonyl (C=O) groups excluding carboxylic acids is 1. The first kappa shape index (κ1) is 16.8. The second-order valence-electron chi connectivity index (χ2n) is 7.15. The summed E-state index contributed by atoms with van der Waals surface area (Å²) >= 11 is 3.57. The molecule has 0 N–H and O–H groups in total. The number of hydrogen-bond acceptors (Lipinski definition) is 3. The number of rotatable bonds is 0. The smallest absolute Gasteiger partial charge is 0.422 e. The highest BCUT2D eigenvalue weighted by atomic mass is 79.9. The zero-order valence-electron chi connectivity index (χ0n) is 14.6. The van der Waals surface area contributed by atoms with Crippen LogP contribution in [-0.4, -0.2) is 20.7 Å². The minimum atomic E-state index is -0.701. The molecule has 4 rings (SSSR count). The van der Waals surface area contributed by atoms with Crippen molar-refractivity contribution in [3.05, 3.63) is 63.4 Å². The first-order valence-electron chi connectivity index (χ1n) is 8.25. The molecular weight excluding hydrogens is 396 g/mol. The fourth-order valence-electron chi connectivity index (χ4n) is 3.17. The lowest BCUT2D eigenvalue weighted by molar-refractivity contribution is 0.0539. The molecule has 2 heterocycles. The monoisotopic (exact) mass is 412 g/mol. The first-order valence-corrected chi connectivity index (χ1v) is 9.04. The van der Waals surface area contributed by atoms with Gasteiger partial charge in [0.15, 0.2) is 0 Å². The fraction of sp³-hybridized carbons (Fsp3) is 0.200. The Kier molecular flexibility index (Phi) is 3.70. The Balaban J connectivity index is 2.21. The molecule has 0 bridgehead atoms. The first-order chi connectivity index (χ1) is 12.3. The average molecular weight is 413 g/mol. The number of nitrogens with zero attached hydrogens (tertiary/aromatic N) is 2. The number of fused-ring (bicyclic) bond motifs is 5. The van der Waals surface area contributed by atoms with Gasteiger partial charge in [0.25, 0.3) is 5.56 Å². The van der Waals surface area contributed by atoms with Gasteiger partial charge in [0.05, 0.1) is 16.6 Å². The van der Waals surface area contributed by atoms with E-state index in [2.05, 4.69) is 15.9 Å². The Hall–Kier alpha value is -2.60. The van der Waals surface area contributed by atoms with Crippen LogP contribution in [0, 0.1) is 0 Å². The highest BCUT2D eigenvalue weighted by Gasteiger charge is 2.24. The highest BCUT2D eigenvalue weighted by Crippen LogP contribution is 2.29. The number of ether oxygens (including phenoxy) is 1. The van der Waals surface area contributed by atoms with E-state index in [-0.39, 0.29) is 0 Å². The number of halogens is 1. The fourth-order valence-corrected chi connectivity index (χ4v) is 3.70. The maximum absolute atomic E-state index is 13.2. The summed E-state index contributed by atoms with van der Waals surface area (Å²) in [6.45, 7) is 5.33. The van der Waals surface area contributed by atoms with Crippen LogP contribution >= 0.6 is 15.9 Å². The molecular formula is C20H17BrN2O3. The number of benzene rings is 2. The normalized spacial score (nSPS) is 12.2. The van der Waals surface area contributed by atoms with Crippen LogP contribution in [0.2, 0.25) is 0 Å². The summed E-state index contributed by atoms with van der Waals surface area (Å²) in [7, 11) is 0. The van der Waals surface area contributed by atoms with Crippen LogP contribution < -0.4 is 5.56 Å². The van der Waals surface area contributed by atoms with Crippen LogP contribution in [0.4, 0.5) is 4.79 Å². The Morgan fingerprint density at radius 1 is 1.00 bits per heavy atom. The minimum absolute atomic E-state index is 0.402. The van der Waals surface area contributed by atoms with E-state index in [4.69, 9.17) is 4.74 Å². The number of para-hydroxylation sites is 2. The molecule has 0 aliphatic heterocycles. The molecule has 132 valence electrons. The molecule has 0 unspecified atom stereocenters. The Bertz CT molecular complexity index is 1250. The van der Waals surface area contributed by atoms with Gasteiger partial charge >= 0.3 is 6.09 Å². The lowest BCUT2D eigenvalue weighted by atomic mass is 10.2. The van der Waals surface area contributed by atoms with E-state index >= 15 is 0 Å². The summed E-state index contributed by atoms with van der Waals surface area (Å²) in [4.78, 5) is 26.0. The predicted molar refractivity (Wildman–Crippen MR) is 106 cm³/mol. The molecule has 0 spiro atoms. The number of hydrogen-bond donors (Lipinski definition) is 0. The average Bonchev–Trinajstić information content (AvgIpc) is 2.93. The summed E-state index contributed by atoms with van der Waals surface area (Å²) < 4.78 is 9.26. The lowest BCUT2D eigenvalue weighted by Crippen LogP contribution is -2.34. The van der Waals surface area contributed by atoms with Gasteiger partial charge in [0, 0.05) is 9.86 Å². The summed E-state index contributed by atoms with van der Waals surface area (Å²) in [6, 6.07) is 15.0. The van der Waals surface area contributed by atoms with E-state index in [0.717, 1.165) is 25.5 Å². The molecule has 0 saturated carbocycles. The number of aromatic nitrogens is 2. The third-order valence-electron chi connectivity index (χ3n) is 4.14. The van der Waals surface area contributed by atoms with Crippen LogP contribution in [-0.2, 0) is 4.74 Å². The van der Waals surface area contributed by atoms with Gasteiger partial charge in [-0.25, -0.2) is 9.36 Å². The van der Waals surface area contributed by atoms with Gasteiger partial charge in [-0.15, -0.1) is 0 Å². The molecule has 26 heavy (non-hydrogen) atoms. The maximum atomic E-state index is 13.2. The molecule has 0 atom stereocenters. The maximum Gasteiger partial charge on any atom is 0.422 e. The van der Waals surface area contributed by atoms with Crippen molar-refractivity contribution < 1.29 is 9.53 Å². The van der Waals surface area contributed by atoms with Gasteiger partial charge in [0.1, 0.15) is 11.1 Å². The van der Waals surface area contributed by atoms with Crippen molar-refractivity contribution in [2.45, 2.75) is 26.4 Å². The van der Waals surface area contributed by atoms with E-state index in [1.807, 2.05) is 34.7 Å². The third kappa shape index (κ3) is 2.52. The van der Waals surface area contributed by atoms with Gasteiger partial charge in [0.2, 0.25) is 0 Å². The zero-order valence-corrected chi connectivity index (χ0v) is 16.2. The van der Waals surface area contributed by atoms with Gasteiger partial charge < -0.3 is 9.14 Å².